The highest BCUT2D eigenvalue weighted by Crippen LogP contribution is 2.43. The molecule has 1 aromatic carbocycles. The van der Waals surface area contributed by atoms with E-state index in [1.165, 1.54) is 24.0 Å². The fourth-order valence-electron chi connectivity index (χ4n) is 3.50. The first kappa shape index (κ1) is 13.0. The number of hydrogen-bond donors (Lipinski definition) is 1. The van der Waals surface area contributed by atoms with Gasteiger partial charge in [-0.3, -0.25) is 0 Å². The first-order valence-electron chi connectivity index (χ1n) is 7.36. The van der Waals surface area contributed by atoms with Crippen molar-refractivity contribution < 1.29 is 8.78 Å². The summed E-state index contributed by atoms with van der Waals surface area (Å²) in [5.41, 5.74) is 2.65. The van der Waals surface area contributed by atoms with Gasteiger partial charge in [0.05, 0.1) is 0 Å². The molecule has 104 valence electrons. The molecule has 0 spiro atoms. The maximum atomic E-state index is 13.3. The molecule has 0 aromatic heterocycles. The minimum atomic E-state index is -2.43. The van der Waals surface area contributed by atoms with Crippen molar-refractivity contribution in [2.24, 2.45) is 0 Å². The molecule has 1 aliphatic heterocycles. The summed E-state index contributed by atoms with van der Waals surface area (Å²) < 4.78 is 26.6. The molecule has 3 heteroatoms. The van der Waals surface area contributed by atoms with Gasteiger partial charge in [0, 0.05) is 18.9 Å². The molecule has 1 atom stereocenters. The van der Waals surface area contributed by atoms with Crippen LogP contribution in [0.2, 0.25) is 0 Å². The number of benzene rings is 1. The van der Waals surface area contributed by atoms with E-state index in [1.54, 1.807) is 0 Å². The van der Waals surface area contributed by atoms with E-state index < -0.39 is 5.92 Å². The SMILES string of the molecule is FC1(F)CCC(c2ccccc2C2CCCN2)CC1. The second-order valence-corrected chi connectivity index (χ2v) is 5.91. The van der Waals surface area contributed by atoms with Gasteiger partial charge in [0.15, 0.2) is 0 Å². The smallest absolute Gasteiger partial charge is 0.248 e. The Hall–Kier alpha value is -0.960. The van der Waals surface area contributed by atoms with E-state index in [0.717, 1.165) is 6.54 Å². The highest BCUT2D eigenvalue weighted by Gasteiger charge is 2.36. The molecule has 1 aliphatic carbocycles. The van der Waals surface area contributed by atoms with Crippen molar-refractivity contribution in [3.8, 4) is 0 Å². The van der Waals surface area contributed by atoms with E-state index in [0.29, 0.717) is 24.8 Å². The number of halogens is 2. The molecule has 0 bridgehead atoms. The van der Waals surface area contributed by atoms with E-state index in [2.05, 4.69) is 23.5 Å². The summed E-state index contributed by atoms with van der Waals surface area (Å²) in [4.78, 5) is 0. The van der Waals surface area contributed by atoms with Crippen LogP contribution in [0.5, 0.6) is 0 Å². The Morgan fingerprint density at radius 2 is 1.68 bits per heavy atom. The zero-order chi connectivity index (χ0) is 13.3. The lowest BCUT2D eigenvalue weighted by atomic mass is 9.79. The lowest BCUT2D eigenvalue weighted by Crippen LogP contribution is -2.25. The Morgan fingerprint density at radius 1 is 1.00 bits per heavy atom. The van der Waals surface area contributed by atoms with Crippen LogP contribution in [-0.4, -0.2) is 12.5 Å². The maximum Gasteiger partial charge on any atom is 0.248 e. The molecule has 2 fully saturated rings. The molecule has 1 aromatic rings. The van der Waals surface area contributed by atoms with E-state index in [4.69, 9.17) is 0 Å². The highest BCUT2D eigenvalue weighted by molar-refractivity contribution is 5.34. The molecule has 1 N–H and O–H groups in total. The van der Waals surface area contributed by atoms with Crippen molar-refractivity contribution in [1.29, 1.82) is 0 Å². The first-order chi connectivity index (χ1) is 9.16. The molecule has 19 heavy (non-hydrogen) atoms. The van der Waals surface area contributed by atoms with Crippen molar-refractivity contribution >= 4 is 0 Å². The second kappa shape index (κ2) is 5.20. The number of rotatable bonds is 2. The summed E-state index contributed by atoms with van der Waals surface area (Å²) in [5, 5.41) is 3.52. The molecular weight excluding hydrogens is 244 g/mol. The van der Waals surface area contributed by atoms with Gasteiger partial charge in [0.25, 0.3) is 0 Å². The lowest BCUT2D eigenvalue weighted by molar-refractivity contribution is -0.0382. The third-order valence-corrected chi connectivity index (χ3v) is 4.59. The van der Waals surface area contributed by atoms with Crippen LogP contribution in [0.25, 0.3) is 0 Å². The van der Waals surface area contributed by atoms with Gasteiger partial charge in [-0.15, -0.1) is 0 Å². The van der Waals surface area contributed by atoms with E-state index in [-0.39, 0.29) is 12.8 Å². The maximum absolute atomic E-state index is 13.3. The van der Waals surface area contributed by atoms with Gasteiger partial charge in [-0.05, 0) is 49.3 Å². The standard InChI is InChI=1S/C16H21F2N/c17-16(18)9-7-12(8-10-16)13-4-1-2-5-14(13)15-6-3-11-19-15/h1-2,4-5,12,15,19H,3,6-11H2. The minimum Gasteiger partial charge on any atom is -0.310 e. The van der Waals surface area contributed by atoms with Crippen molar-refractivity contribution in [3.63, 3.8) is 0 Å². The molecule has 0 radical (unpaired) electrons. The monoisotopic (exact) mass is 265 g/mol. The Kier molecular flexibility index (Phi) is 3.57. The molecule has 1 heterocycles. The summed E-state index contributed by atoms with van der Waals surface area (Å²) in [6.07, 6.45) is 3.71. The minimum absolute atomic E-state index is 0.0457. The third-order valence-electron chi connectivity index (χ3n) is 4.59. The molecule has 3 rings (SSSR count). The molecule has 2 aliphatic rings. The molecule has 1 saturated carbocycles. The van der Waals surface area contributed by atoms with Crippen molar-refractivity contribution in [2.75, 3.05) is 6.54 Å². The summed E-state index contributed by atoms with van der Waals surface area (Å²) in [6, 6.07) is 8.85. The van der Waals surface area contributed by atoms with Crippen LogP contribution in [0, 0.1) is 0 Å². The predicted octanol–water partition coefficient (Wildman–Crippen LogP) is 4.40. The summed E-state index contributed by atoms with van der Waals surface area (Å²) in [5.74, 6) is -2.12. The molecule has 1 saturated heterocycles. The van der Waals surface area contributed by atoms with Gasteiger partial charge in [-0.1, -0.05) is 24.3 Å². The topological polar surface area (TPSA) is 12.0 Å². The lowest BCUT2D eigenvalue weighted by Gasteiger charge is -2.30. The Bertz CT molecular complexity index is 428. The Morgan fingerprint density at radius 3 is 2.32 bits per heavy atom. The average molecular weight is 265 g/mol. The Labute approximate surface area is 113 Å². The normalized spacial score (nSPS) is 27.6. The van der Waals surface area contributed by atoms with Crippen LogP contribution < -0.4 is 5.32 Å². The first-order valence-corrected chi connectivity index (χ1v) is 7.36. The van der Waals surface area contributed by atoms with E-state index in [1.807, 2.05) is 6.07 Å². The van der Waals surface area contributed by atoms with Crippen molar-refractivity contribution in [3.05, 3.63) is 35.4 Å². The average Bonchev–Trinajstić information content (AvgIpc) is 2.93. The summed E-state index contributed by atoms with van der Waals surface area (Å²) >= 11 is 0. The van der Waals surface area contributed by atoms with Crippen LogP contribution in [-0.2, 0) is 0 Å². The fraction of sp³-hybridized carbons (Fsp3) is 0.625. The van der Waals surface area contributed by atoms with Gasteiger partial charge in [-0.25, -0.2) is 8.78 Å². The Balaban J connectivity index is 1.80. The van der Waals surface area contributed by atoms with Crippen molar-refractivity contribution in [2.45, 2.75) is 56.4 Å². The number of hydrogen-bond acceptors (Lipinski definition) is 1. The van der Waals surface area contributed by atoms with Crippen LogP contribution in [0.15, 0.2) is 24.3 Å². The third kappa shape index (κ3) is 2.81. The van der Waals surface area contributed by atoms with Crippen LogP contribution in [0.3, 0.4) is 0 Å². The zero-order valence-corrected chi connectivity index (χ0v) is 11.2. The van der Waals surface area contributed by atoms with Crippen LogP contribution >= 0.6 is 0 Å². The quantitative estimate of drug-likeness (QED) is 0.835. The predicted molar refractivity (Wildman–Crippen MR) is 72.6 cm³/mol. The molecular formula is C16H21F2N. The van der Waals surface area contributed by atoms with E-state index in [9.17, 15) is 8.78 Å². The van der Waals surface area contributed by atoms with E-state index >= 15 is 0 Å². The molecule has 1 nitrogen and oxygen atoms in total. The van der Waals surface area contributed by atoms with Crippen LogP contribution in [0.4, 0.5) is 8.78 Å². The van der Waals surface area contributed by atoms with Gasteiger partial charge < -0.3 is 5.32 Å². The van der Waals surface area contributed by atoms with Gasteiger partial charge in [0.1, 0.15) is 0 Å². The van der Waals surface area contributed by atoms with Crippen LogP contribution in [0.1, 0.15) is 61.6 Å². The van der Waals surface area contributed by atoms with Gasteiger partial charge in [0.2, 0.25) is 5.92 Å². The zero-order valence-electron chi connectivity index (χ0n) is 11.2. The van der Waals surface area contributed by atoms with Gasteiger partial charge >= 0.3 is 0 Å². The number of alkyl halides is 2. The molecule has 1 unspecified atom stereocenters. The summed E-state index contributed by atoms with van der Waals surface area (Å²) in [6.45, 7) is 1.07. The summed E-state index contributed by atoms with van der Waals surface area (Å²) in [7, 11) is 0. The van der Waals surface area contributed by atoms with Crippen molar-refractivity contribution in [1.82, 2.24) is 5.32 Å². The second-order valence-electron chi connectivity index (χ2n) is 5.91. The largest absolute Gasteiger partial charge is 0.310 e. The molecule has 0 amide bonds. The fourth-order valence-corrected chi connectivity index (χ4v) is 3.50. The number of nitrogens with one attached hydrogen (secondary N) is 1. The highest BCUT2D eigenvalue weighted by atomic mass is 19.3. The van der Waals surface area contributed by atoms with Gasteiger partial charge in [-0.2, -0.15) is 0 Å².